The Kier molecular flexibility index (Phi) is 174. The van der Waals surface area contributed by atoms with Crippen LogP contribution in [0.15, 0.2) is 146 Å². The van der Waals surface area contributed by atoms with Gasteiger partial charge in [-0.05, 0) is 27.7 Å². The summed E-state index contributed by atoms with van der Waals surface area (Å²) in [6.45, 7) is 18.4. The summed E-state index contributed by atoms with van der Waals surface area (Å²) < 4.78 is 0. The molecule has 0 saturated heterocycles. The average Bonchev–Trinajstić information content (AvgIpc) is 3.00. The molecule has 0 fully saturated rings. The fourth-order valence-electron chi connectivity index (χ4n) is 1.54. The van der Waals surface area contributed by atoms with Gasteiger partial charge in [0.25, 0.3) is 0 Å². The number of hydrogen-bond donors (Lipinski definition) is 0. The van der Waals surface area contributed by atoms with Crippen LogP contribution in [0.4, 0.5) is 0 Å². The number of rotatable bonds is 0. The van der Waals surface area contributed by atoms with Gasteiger partial charge in [0.1, 0.15) is 11.6 Å². The maximum absolute atomic E-state index is 9.44. The lowest BCUT2D eigenvalue weighted by Crippen LogP contribution is -1.69. The molecule has 0 spiro atoms. The predicted molar refractivity (Wildman–Crippen MR) is 231 cm³/mol. The maximum atomic E-state index is 9.44. The van der Waals surface area contributed by atoms with E-state index in [4.69, 9.17) is 0 Å². The first-order valence-electron chi connectivity index (χ1n) is 13.8. The molecule has 0 aromatic heterocycles. The highest BCUT2D eigenvalue weighted by Crippen LogP contribution is 1.81. The van der Waals surface area contributed by atoms with E-state index in [0.29, 0.717) is 0 Å². The van der Waals surface area contributed by atoms with E-state index in [1.54, 1.807) is 0 Å². The van der Waals surface area contributed by atoms with Crippen LogP contribution in [-0.4, -0.2) is 11.6 Å². The molecular weight excluding hydrogens is 572 g/mol. The molecule has 0 atom stereocenters. The van der Waals surface area contributed by atoms with Crippen LogP contribution in [-0.2, 0) is 9.59 Å². The molecule has 4 rings (SSSR count). The minimum absolute atomic E-state index is 0. The molecule has 0 aliphatic heterocycles. The molecule has 47 heavy (non-hydrogen) atoms. The number of benzene rings is 4. The maximum Gasteiger partial charge on any atom is 0.126 e. The lowest BCUT2D eigenvalue weighted by Gasteiger charge is -1.69. The van der Waals surface area contributed by atoms with Crippen LogP contribution in [0.2, 0.25) is 0 Å². The Labute approximate surface area is 301 Å². The third-order valence-electron chi connectivity index (χ3n) is 2.67. The van der Waals surface area contributed by atoms with Gasteiger partial charge < -0.3 is 9.59 Å². The summed E-state index contributed by atoms with van der Waals surface area (Å²) in [4.78, 5) is 18.9. The van der Waals surface area contributed by atoms with Crippen LogP contribution in [0.3, 0.4) is 0 Å². The van der Waals surface area contributed by atoms with Gasteiger partial charge in [-0.25, -0.2) is 0 Å². The molecule has 0 saturated carbocycles. The first kappa shape index (κ1) is 84.4. The van der Waals surface area contributed by atoms with Gasteiger partial charge in [0.05, 0.1) is 0 Å². The normalized spacial score (nSPS) is 5.83. The fraction of sp³-hybridized carbons (Fsp3) is 0.422. The minimum atomic E-state index is 0. The zero-order valence-corrected chi connectivity index (χ0v) is 26.4. The molecule has 0 radical (unpaired) electrons. The number of ketones is 2. The summed E-state index contributed by atoms with van der Waals surface area (Å²) in [5, 5.41) is 0. The van der Waals surface area contributed by atoms with E-state index in [0.717, 1.165) is 0 Å². The van der Waals surface area contributed by atoms with Crippen molar-refractivity contribution in [2.45, 2.75) is 135 Å². The number of Topliss-reactive ketones (excluding diaryl/α,β-unsaturated/α-hetero) is 2. The number of carbonyl (C=O) groups is 2. The van der Waals surface area contributed by atoms with Crippen molar-refractivity contribution in [1.29, 1.82) is 0 Å². The van der Waals surface area contributed by atoms with Gasteiger partial charge >= 0.3 is 0 Å². The Bertz CT molecular complexity index is 594. The van der Waals surface area contributed by atoms with Gasteiger partial charge in [-0.1, -0.05) is 253 Å². The van der Waals surface area contributed by atoms with Crippen molar-refractivity contribution >= 4 is 11.6 Å². The summed E-state index contributed by atoms with van der Waals surface area (Å²) in [5.74, 6) is 0.333. The molecule has 0 unspecified atom stereocenters. The van der Waals surface area contributed by atoms with Gasteiger partial charge in [-0.3, -0.25) is 0 Å². The molecule has 0 aliphatic carbocycles. The van der Waals surface area contributed by atoms with Crippen molar-refractivity contribution in [3.05, 3.63) is 146 Å². The topological polar surface area (TPSA) is 34.1 Å². The molecule has 280 valence electrons. The fourth-order valence-corrected chi connectivity index (χ4v) is 1.54. The van der Waals surface area contributed by atoms with Gasteiger partial charge in [0, 0.05) is 0 Å². The minimum Gasteiger partial charge on any atom is -0.300 e. The van der Waals surface area contributed by atoms with Crippen LogP contribution < -0.4 is 0 Å². The lowest BCUT2D eigenvalue weighted by molar-refractivity contribution is -0.115. The highest BCUT2D eigenvalue weighted by molar-refractivity contribution is 5.72. The molecule has 0 N–H and O–H groups in total. The summed E-state index contributed by atoms with van der Waals surface area (Å²) in [6.07, 6.45) is 1.25. The van der Waals surface area contributed by atoms with E-state index in [1.807, 2.05) is 173 Å². The second-order valence-corrected chi connectivity index (χ2v) is 7.14. The van der Waals surface area contributed by atoms with E-state index < -0.39 is 0 Å². The second kappa shape index (κ2) is 96.8. The van der Waals surface area contributed by atoms with Crippen molar-refractivity contribution in [3.8, 4) is 0 Å². The third-order valence-corrected chi connectivity index (χ3v) is 2.67. The van der Waals surface area contributed by atoms with Gasteiger partial charge in [0.2, 0.25) is 0 Å². The number of carbonyl (C=O) groups excluding carboxylic acids is 2. The van der Waals surface area contributed by atoms with Crippen LogP contribution >= 0.6 is 0 Å². The third kappa shape index (κ3) is 167. The first-order chi connectivity index (χ1) is 18.9. The van der Waals surface area contributed by atoms with Crippen LogP contribution in [0, 0.1) is 0 Å². The van der Waals surface area contributed by atoms with Gasteiger partial charge in [-0.15, -0.1) is 0 Å². The van der Waals surface area contributed by atoms with Crippen molar-refractivity contribution in [1.82, 2.24) is 0 Å². The quantitative estimate of drug-likeness (QED) is 0.188. The monoisotopic (exact) mass is 661 g/mol. The van der Waals surface area contributed by atoms with Crippen LogP contribution in [0.5, 0.6) is 0 Å². The van der Waals surface area contributed by atoms with E-state index >= 15 is 0 Å². The Balaban J connectivity index is -0.0000000252. The summed E-state index contributed by atoms with van der Waals surface area (Å²) in [7, 11) is 0. The Morgan fingerprint density at radius 3 is 0.319 bits per heavy atom. The van der Waals surface area contributed by atoms with Crippen molar-refractivity contribution in [2.75, 3.05) is 0 Å². The highest BCUT2D eigenvalue weighted by atomic mass is 16.1. The highest BCUT2D eigenvalue weighted by Gasteiger charge is 1.63. The number of hydrogen-bond acceptors (Lipinski definition) is 2. The van der Waals surface area contributed by atoms with Crippen molar-refractivity contribution < 1.29 is 9.59 Å². The van der Waals surface area contributed by atoms with Crippen molar-refractivity contribution in [3.63, 3.8) is 0 Å². The second-order valence-electron chi connectivity index (χ2n) is 7.14. The van der Waals surface area contributed by atoms with Gasteiger partial charge in [0.15, 0.2) is 0 Å². The van der Waals surface area contributed by atoms with Crippen molar-refractivity contribution in [2.24, 2.45) is 0 Å². The van der Waals surface area contributed by atoms with E-state index in [2.05, 4.69) is 13.8 Å². The van der Waals surface area contributed by atoms with Gasteiger partial charge in [-0.2, -0.15) is 0 Å². The largest absolute Gasteiger partial charge is 0.300 e. The molecule has 2 heteroatoms. The molecule has 4 aromatic rings. The molecular formula is C45H88O2. The lowest BCUT2D eigenvalue weighted by atomic mass is 10.4. The molecule has 0 amide bonds. The average molecular weight is 661 g/mol. The Hall–Kier alpha value is -3.78. The SMILES string of the molecule is C.C.C.C.C.C.C.C.CC.CC.CC(C)=O.CC(C)=O.CCC.c1ccccc1.c1ccccc1.c1ccccc1.c1ccccc1. The molecule has 0 bridgehead atoms. The molecule has 0 aliphatic rings. The van der Waals surface area contributed by atoms with Crippen LogP contribution in [0.1, 0.15) is 135 Å². The first-order valence-corrected chi connectivity index (χ1v) is 13.8. The van der Waals surface area contributed by atoms with E-state index in [-0.39, 0.29) is 71.0 Å². The smallest absolute Gasteiger partial charge is 0.126 e. The Morgan fingerprint density at radius 2 is 0.298 bits per heavy atom. The standard InChI is InChI=1S/4C6H6.2C3H6O.C3H8.2C2H6.8CH4/c4*1-2-4-6-5-3-1;2*1-3(2)4;1-3-2;2*1-2;;;;;;;;/h4*1-6H;2*1-2H3;3H2,1-2H3;2*1-2H3;8*1H4. The Morgan fingerprint density at radius 1 is 0.277 bits per heavy atom. The zero-order chi connectivity index (χ0) is 30.8. The van der Waals surface area contributed by atoms with Crippen LogP contribution in [0.25, 0.3) is 0 Å². The molecule has 2 nitrogen and oxygen atoms in total. The summed E-state index contributed by atoms with van der Waals surface area (Å²) in [5.41, 5.74) is 0. The molecule has 4 aromatic carbocycles. The predicted octanol–water partition coefficient (Wildman–Crippen LogP) is 16.5. The summed E-state index contributed by atoms with van der Waals surface area (Å²) in [6, 6.07) is 48.0. The molecule has 0 heterocycles. The zero-order valence-electron chi connectivity index (χ0n) is 26.4. The van der Waals surface area contributed by atoms with E-state index in [1.165, 1.54) is 34.1 Å². The van der Waals surface area contributed by atoms with E-state index in [9.17, 15) is 9.59 Å². The summed E-state index contributed by atoms with van der Waals surface area (Å²) >= 11 is 0.